The van der Waals surface area contributed by atoms with Crippen molar-refractivity contribution in [3.63, 3.8) is 0 Å². The van der Waals surface area contributed by atoms with Gasteiger partial charge in [-0.15, -0.1) is 0 Å². The second-order valence-corrected chi connectivity index (χ2v) is 25.9. The molecule has 0 amide bonds. The molecule has 0 unspecified atom stereocenters. The average molecular weight is 1100 g/mol. The van der Waals surface area contributed by atoms with E-state index in [9.17, 15) is 0 Å². The first-order valence-electron chi connectivity index (χ1n) is 29.2. The highest BCUT2D eigenvalue weighted by Crippen LogP contribution is 2.51. The van der Waals surface area contributed by atoms with E-state index in [4.69, 9.17) is 9.97 Å². The number of fused-ring (bicyclic) bond motifs is 16. The largest absolute Gasteiger partial charge is 0.309 e. The molecule has 85 heavy (non-hydrogen) atoms. The van der Waals surface area contributed by atoms with Crippen LogP contribution in [0, 0.1) is 0 Å². The first kappa shape index (κ1) is 47.5. The molecule has 6 heterocycles. The van der Waals surface area contributed by atoms with Crippen LogP contribution in [0.4, 0.5) is 34.1 Å². The van der Waals surface area contributed by atoms with Crippen molar-refractivity contribution in [2.45, 2.75) is 0 Å². The number of nitrogens with zero attached hydrogens (tertiary/aromatic N) is 6. The van der Waals surface area contributed by atoms with E-state index in [1.165, 1.54) is 43.0 Å². The Bertz CT molecular complexity index is 4740. The molecule has 1 spiro atoms. The number of benzene rings is 12. The van der Waals surface area contributed by atoms with Crippen LogP contribution in [-0.4, -0.2) is 27.2 Å². The third-order valence-corrected chi connectivity index (χ3v) is 23.1. The van der Waals surface area contributed by atoms with E-state index >= 15 is 0 Å². The fraction of sp³-hybridized carbons (Fsp3) is 0. The molecule has 6 nitrogen and oxygen atoms in total. The lowest BCUT2D eigenvalue weighted by atomic mass is 10.0. The average Bonchev–Trinajstić information content (AvgIpc) is 1.60. The van der Waals surface area contributed by atoms with Gasteiger partial charge < -0.3 is 9.80 Å². The van der Waals surface area contributed by atoms with Gasteiger partial charge in [-0.05, 0) is 150 Å². The maximum Gasteiger partial charge on any atom is 0.188 e. The molecular formula is C78H50N6Si. The third kappa shape index (κ3) is 6.75. The van der Waals surface area contributed by atoms with Gasteiger partial charge >= 0.3 is 0 Å². The Labute approximate surface area is 493 Å². The Balaban J connectivity index is 1.07. The first-order valence-corrected chi connectivity index (χ1v) is 31.2. The van der Waals surface area contributed by atoms with Crippen LogP contribution in [0.25, 0.3) is 103 Å². The standard InChI is InChI=1S/C78H50N6Si/c1-3-27-55(28-4-1)81-69-43-17-11-37-63(69)79-77(81)61-35-19-31-57-58-32-20-36-62(78-80-64-38-12-18-44-70(64)82(78)56-29-5-2-6-30-56)74(58)85(73(57)61)75-59(33-21-45-71(75)83-65-39-13-7-23-51(65)47-48-52-24-8-14-40-66(52)83)60-34-22-46-72(76(60)85)84-67-41-15-9-25-53(67)49-50-54-26-10-16-42-68(54)84/h1-50H. The Morgan fingerprint density at radius 3 is 0.918 bits per heavy atom. The Morgan fingerprint density at radius 1 is 0.235 bits per heavy atom. The van der Waals surface area contributed by atoms with Gasteiger partial charge in [0.15, 0.2) is 8.07 Å². The summed E-state index contributed by atoms with van der Waals surface area (Å²) in [4.78, 5) is 16.8. The van der Waals surface area contributed by atoms with Crippen LogP contribution in [0.1, 0.15) is 22.3 Å². The molecule has 0 saturated carbocycles. The fourth-order valence-electron chi connectivity index (χ4n) is 14.7. The van der Waals surface area contributed by atoms with Crippen LogP contribution in [0.15, 0.2) is 279 Å². The maximum absolute atomic E-state index is 5.83. The second kappa shape index (κ2) is 18.4. The van der Waals surface area contributed by atoms with E-state index in [1.54, 1.807) is 0 Å². The molecule has 0 aliphatic carbocycles. The molecule has 12 aromatic carbocycles. The maximum atomic E-state index is 5.83. The summed E-state index contributed by atoms with van der Waals surface area (Å²) < 4.78 is 4.81. The molecule has 7 heteroatoms. The smallest absolute Gasteiger partial charge is 0.188 e. The molecule has 0 N–H and O–H groups in total. The highest BCUT2D eigenvalue weighted by atomic mass is 28.3. The quantitative estimate of drug-likeness (QED) is 0.156. The van der Waals surface area contributed by atoms with Crippen molar-refractivity contribution in [1.82, 2.24) is 19.1 Å². The van der Waals surface area contributed by atoms with Crippen molar-refractivity contribution in [2.75, 3.05) is 9.80 Å². The van der Waals surface area contributed by atoms with Crippen molar-refractivity contribution in [1.29, 1.82) is 0 Å². The summed E-state index contributed by atoms with van der Waals surface area (Å²) in [6.45, 7) is 0. The van der Waals surface area contributed by atoms with E-state index < -0.39 is 8.07 Å². The summed E-state index contributed by atoms with van der Waals surface area (Å²) in [6.07, 6.45) is 9.16. The summed E-state index contributed by atoms with van der Waals surface area (Å²) in [5.74, 6) is 1.80. The van der Waals surface area contributed by atoms with E-state index in [-0.39, 0.29) is 0 Å². The zero-order chi connectivity index (χ0) is 55.7. The van der Waals surface area contributed by atoms with Crippen LogP contribution in [0.3, 0.4) is 0 Å². The predicted molar refractivity (Wildman–Crippen MR) is 355 cm³/mol. The molecule has 0 bridgehead atoms. The molecule has 18 rings (SSSR count). The van der Waals surface area contributed by atoms with Gasteiger partial charge in [-0.3, -0.25) is 9.13 Å². The molecule has 4 aliphatic heterocycles. The molecule has 14 aromatic rings. The first-order chi connectivity index (χ1) is 42.2. The van der Waals surface area contributed by atoms with Crippen LogP contribution >= 0.6 is 0 Å². The molecule has 0 atom stereocenters. The number of hydrogen-bond acceptors (Lipinski definition) is 4. The van der Waals surface area contributed by atoms with E-state index in [1.807, 2.05) is 0 Å². The number of imidazole rings is 2. The van der Waals surface area contributed by atoms with E-state index in [0.29, 0.717) is 0 Å². The predicted octanol–water partition coefficient (Wildman–Crippen LogP) is 16.9. The molecule has 4 aliphatic rings. The summed E-state index contributed by atoms with van der Waals surface area (Å²) in [5.41, 5.74) is 24.5. The lowest BCUT2D eigenvalue weighted by Gasteiger charge is -2.38. The zero-order valence-electron chi connectivity index (χ0n) is 46.1. The summed E-state index contributed by atoms with van der Waals surface area (Å²) in [5, 5.41) is 5.25. The van der Waals surface area contributed by atoms with Crippen molar-refractivity contribution in [2.24, 2.45) is 0 Å². The highest BCUT2D eigenvalue weighted by molar-refractivity contribution is 7.26. The number of aromatic nitrogens is 4. The molecule has 0 fully saturated rings. The lowest BCUT2D eigenvalue weighted by molar-refractivity contribution is 1.10. The van der Waals surface area contributed by atoms with E-state index in [0.717, 1.165) is 113 Å². The minimum atomic E-state index is -3.96. The van der Waals surface area contributed by atoms with Crippen LogP contribution in [0.5, 0.6) is 0 Å². The SMILES string of the molecule is C1=Cc2ccccc2N(c2cccc3c2[Si]2(c4c(cccc4-c4nc5ccccc5n4-c4ccccc4)-c4cccc(-c5nc6ccccc6n5-c5ccccc5)c42)c2c-3cccc2N2c3ccccc3C=Cc3ccccc32)c2ccccc21. The normalized spacial score (nSPS) is 13.6. The third-order valence-electron chi connectivity index (χ3n) is 18.0. The van der Waals surface area contributed by atoms with Gasteiger partial charge in [0, 0.05) is 33.9 Å². The molecular weight excluding hydrogens is 1050 g/mol. The number of para-hydroxylation sites is 10. The van der Waals surface area contributed by atoms with Gasteiger partial charge in [0.05, 0.1) is 44.8 Å². The Hall–Kier alpha value is -11.1. The topological polar surface area (TPSA) is 42.1 Å². The second-order valence-electron chi connectivity index (χ2n) is 22.4. The summed E-state index contributed by atoms with van der Waals surface area (Å²) in [7, 11) is -3.96. The van der Waals surface area contributed by atoms with Crippen molar-refractivity contribution in [3.8, 4) is 56.4 Å². The van der Waals surface area contributed by atoms with Gasteiger partial charge in [-0.2, -0.15) is 0 Å². The van der Waals surface area contributed by atoms with Gasteiger partial charge in [-0.25, -0.2) is 9.97 Å². The van der Waals surface area contributed by atoms with Crippen LogP contribution < -0.4 is 30.5 Å². The monoisotopic (exact) mass is 1100 g/mol. The van der Waals surface area contributed by atoms with Crippen LogP contribution in [-0.2, 0) is 0 Å². The number of rotatable bonds is 6. The minimum Gasteiger partial charge on any atom is -0.309 e. The lowest BCUT2D eigenvalue weighted by Crippen LogP contribution is -2.72. The molecule has 396 valence electrons. The summed E-state index contributed by atoms with van der Waals surface area (Å²) >= 11 is 0. The zero-order valence-corrected chi connectivity index (χ0v) is 47.1. The van der Waals surface area contributed by atoms with Crippen molar-refractivity contribution < 1.29 is 0 Å². The molecule has 0 radical (unpaired) electrons. The van der Waals surface area contributed by atoms with Crippen molar-refractivity contribution in [3.05, 3.63) is 301 Å². The highest BCUT2D eigenvalue weighted by Gasteiger charge is 2.60. The van der Waals surface area contributed by atoms with Crippen molar-refractivity contribution >= 4 is 109 Å². The van der Waals surface area contributed by atoms with Crippen LogP contribution in [0.2, 0.25) is 0 Å². The number of hydrogen-bond donors (Lipinski definition) is 0. The van der Waals surface area contributed by atoms with Gasteiger partial charge in [0.2, 0.25) is 0 Å². The Morgan fingerprint density at radius 2 is 0.529 bits per heavy atom. The summed E-state index contributed by atoms with van der Waals surface area (Å²) in [6, 6.07) is 103. The van der Waals surface area contributed by atoms with Gasteiger partial charge in [0.1, 0.15) is 11.6 Å². The Kier molecular flexibility index (Phi) is 10.3. The van der Waals surface area contributed by atoms with E-state index in [2.05, 4.69) is 322 Å². The van der Waals surface area contributed by atoms with Gasteiger partial charge in [-0.1, -0.05) is 218 Å². The molecule has 2 aromatic heterocycles. The minimum absolute atomic E-state index is 0.899. The molecule has 0 saturated heterocycles. The number of anilines is 6. The fourth-order valence-corrected chi connectivity index (χ4v) is 21.1. The van der Waals surface area contributed by atoms with Gasteiger partial charge in [0.25, 0.3) is 0 Å².